The van der Waals surface area contributed by atoms with Crippen LogP contribution in [-0.4, -0.2) is 38.2 Å². The molecule has 0 bridgehead atoms. The summed E-state index contributed by atoms with van der Waals surface area (Å²) in [5.74, 6) is 0.598. The van der Waals surface area contributed by atoms with Crippen molar-refractivity contribution < 1.29 is 4.39 Å². The van der Waals surface area contributed by atoms with Crippen molar-refractivity contribution in [2.24, 2.45) is 0 Å². The fraction of sp³-hybridized carbons (Fsp3) is 0.562. The molecule has 1 aromatic heterocycles. The van der Waals surface area contributed by atoms with Gasteiger partial charge in [0.05, 0.1) is 11.6 Å². The zero-order valence-electron chi connectivity index (χ0n) is 13.3. The number of halogens is 1. The zero-order valence-corrected chi connectivity index (χ0v) is 13.3. The van der Waals surface area contributed by atoms with Gasteiger partial charge in [-0.2, -0.15) is 0 Å². The van der Waals surface area contributed by atoms with Crippen LogP contribution in [0.5, 0.6) is 0 Å². The van der Waals surface area contributed by atoms with Gasteiger partial charge in [-0.25, -0.2) is 9.07 Å². The summed E-state index contributed by atoms with van der Waals surface area (Å²) in [6.45, 7) is 8.27. The van der Waals surface area contributed by atoms with Gasteiger partial charge in [-0.05, 0) is 74.8 Å². The third-order valence-electron chi connectivity index (χ3n) is 4.07. The van der Waals surface area contributed by atoms with E-state index in [4.69, 9.17) is 0 Å². The standard InChI is InChI=1S/C16H22FN5/c1-16(2,3)22-15(18-19-20-22)14(21-10-4-5-11-21)12-6-8-13(17)9-7-12/h6-9,14H,4-5,10-11H2,1-3H3. The van der Waals surface area contributed by atoms with Gasteiger partial charge >= 0.3 is 0 Å². The SMILES string of the molecule is CC(C)(C)n1nnnc1C(c1ccc(F)cc1)N1CCCC1. The molecule has 1 saturated heterocycles. The minimum Gasteiger partial charge on any atom is -0.290 e. The van der Waals surface area contributed by atoms with Gasteiger partial charge in [0, 0.05) is 0 Å². The predicted octanol–water partition coefficient (Wildman–Crippen LogP) is 2.75. The Hall–Kier alpha value is -1.82. The predicted molar refractivity (Wildman–Crippen MR) is 81.9 cm³/mol. The van der Waals surface area contributed by atoms with E-state index < -0.39 is 0 Å². The van der Waals surface area contributed by atoms with E-state index in [0.717, 1.165) is 24.5 Å². The van der Waals surface area contributed by atoms with Crippen LogP contribution in [0.3, 0.4) is 0 Å². The normalized spacial score (nSPS) is 17.8. The zero-order chi connectivity index (χ0) is 15.7. The summed E-state index contributed by atoms with van der Waals surface area (Å²) in [6.07, 6.45) is 2.35. The maximum atomic E-state index is 13.3. The van der Waals surface area contributed by atoms with E-state index in [1.807, 2.05) is 16.8 Å². The lowest BCUT2D eigenvalue weighted by Gasteiger charge is -2.30. The molecule has 3 rings (SSSR count). The van der Waals surface area contributed by atoms with Crippen LogP contribution in [0.2, 0.25) is 0 Å². The monoisotopic (exact) mass is 303 g/mol. The lowest BCUT2D eigenvalue weighted by atomic mass is 10.0. The van der Waals surface area contributed by atoms with Crippen molar-refractivity contribution in [1.29, 1.82) is 0 Å². The van der Waals surface area contributed by atoms with E-state index in [2.05, 4.69) is 41.2 Å². The van der Waals surface area contributed by atoms with Gasteiger partial charge in [0.15, 0.2) is 5.82 Å². The highest BCUT2D eigenvalue weighted by Gasteiger charge is 2.32. The van der Waals surface area contributed by atoms with E-state index in [9.17, 15) is 4.39 Å². The summed E-state index contributed by atoms with van der Waals surface area (Å²) in [7, 11) is 0. The fourth-order valence-electron chi connectivity index (χ4n) is 3.01. The second-order valence-electron chi connectivity index (χ2n) is 6.82. The van der Waals surface area contributed by atoms with E-state index >= 15 is 0 Å². The number of likely N-dealkylation sites (tertiary alicyclic amines) is 1. The maximum absolute atomic E-state index is 13.3. The van der Waals surface area contributed by atoms with Crippen LogP contribution in [0.25, 0.3) is 0 Å². The Bertz CT molecular complexity index is 623. The first-order chi connectivity index (χ1) is 10.5. The topological polar surface area (TPSA) is 46.8 Å². The number of hydrogen-bond donors (Lipinski definition) is 0. The Labute approximate surface area is 130 Å². The molecule has 0 aliphatic carbocycles. The van der Waals surface area contributed by atoms with Crippen molar-refractivity contribution in [3.05, 3.63) is 41.5 Å². The van der Waals surface area contributed by atoms with Gasteiger partial charge in [-0.15, -0.1) is 5.10 Å². The minimum absolute atomic E-state index is 0.0303. The van der Waals surface area contributed by atoms with Gasteiger partial charge in [-0.1, -0.05) is 12.1 Å². The van der Waals surface area contributed by atoms with E-state index in [-0.39, 0.29) is 17.4 Å². The van der Waals surface area contributed by atoms with Crippen LogP contribution in [0, 0.1) is 5.82 Å². The molecule has 2 heterocycles. The largest absolute Gasteiger partial charge is 0.290 e. The molecular weight excluding hydrogens is 281 g/mol. The highest BCUT2D eigenvalue weighted by atomic mass is 19.1. The molecule has 0 amide bonds. The van der Waals surface area contributed by atoms with Crippen LogP contribution in [0.4, 0.5) is 4.39 Å². The Kier molecular flexibility index (Phi) is 3.95. The molecule has 1 aliphatic heterocycles. The molecule has 1 aliphatic rings. The first-order valence-electron chi connectivity index (χ1n) is 7.75. The maximum Gasteiger partial charge on any atom is 0.173 e. The van der Waals surface area contributed by atoms with E-state index in [0.29, 0.717) is 0 Å². The number of tetrazole rings is 1. The average Bonchev–Trinajstić information content (AvgIpc) is 3.12. The lowest BCUT2D eigenvalue weighted by molar-refractivity contribution is 0.242. The highest BCUT2D eigenvalue weighted by molar-refractivity contribution is 5.26. The van der Waals surface area contributed by atoms with Crippen molar-refractivity contribution in [1.82, 2.24) is 25.1 Å². The Morgan fingerprint density at radius 2 is 1.73 bits per heavy atom. The first-order valence-corrected chi connectivity index (χ1v) is 7.75. The molecule has 1 aromatic carbocycles. The summed E-state index contributed by atoms with van der Waals surface area (Å²) in [4.78, 5) is 2.38. The van der Waals surface area contributed by atoms with Gasteiger partial charge < -0.3 is 0 Å². The van der Waals surface area contributed by atoms with E-state index in [1.54, 1.807) is 0 Å². The molecular formula is C16H22FN5. The third kappa shape index (κ3) is 2.88. The van der Waals surface area contributed by atoms with E-state index in [1.165, 1.54) is 25.0 Å². The van der Waals surface area contributed by atoms with Crippen LogP contribution in [-0.2, 0) is 5.54 Å². The first kappa shape index (κ1) is 15.1. The van der Waals surface area contributed by atoms with Gasteiger partial charge in [-0.3, -0.25) is 4.90 Å². The molecule has 6 heteroatoms. The average molecular weight is 303 g/mol. The molecule has 0 radical (unpaired) electrons. The molecule has 1 unspecified atom stereocenters. The number of benzene rings is 1. The Balaban J connectivity index is 2.06. The van der Waals surface area contributed by atoms with Crippen LogP contribution in [0.15, 0.2) is 24.3 Å². The summed E-state index contributed by atoms with van der Waals surface area (Å²) < 4.78 is 15.2. The fourth-order valence-corrected chi connectivity index (χ4v) is 3.01. The molecule has 0 spiro atoms. The van der Waals surface area contributed by atoms with Crippen molar-refractivity contribution in [2.75, 3.05) is 13.1 Å². The minimum atomic E-state index is -0.223. The van der Waals surface area contributed by atoms with Crippen LogP contribution in [0.1, 0.15) is 51.0 Å². The van der Waals surface area contributed by atoms with Gasteiger partial charge in [0.2, 0.25) is 0 Å². The molecule has 5 nitrogen and oxygen atoms in total. The number of nitrogens with zero attached hydrogens (tertiary/aromatic N) is 5. The van der Waals surface area contributed by atoms with Crippen LogP contribution < -0.4 is 0 Å². The quantitative estimate of drug-likeness (QED) is 0.875. The molecule has 2 aromatic rings. The van der Waals surface area contributed by atoms with Crippen molar-refractivity contribution in [3.63, 3.8) is 0 Å². The summed E-state index contributed by atoms with van der Waals surface area (Å²) in [5.41, 5.74) is 0.834. The molecule has 1 atom stereocenters. The van der Waals surface area contributed by atoms with Crippen LogP contribution >= 0.6 is 0 Å². The van der Waals surface area contributed by atoms with Crippen molar-refractivity contribution >= 4 is 0 Å². The smallest absolute Gasteiger partial charge is 0.173 e. The number of aromatic nitrogens is 4. The van der Waals surface area contributed by atoms with Crippen molar-refractivity contribution in [3.8, 4) is 0 Å². The van der Waals surface area contributed by atoms with Gasteiger partial charge in [0.1, 0.15) is 5.82 Å². The summed E-state index contributed by atoms with van der Waals surface area (Å²) >= 11 is 0. The summed E-state index contributed by atoms with van der Waals surface area (Å²) in [6, 6.07) is 6.64. The molecule has 0 N–H and O–H groups in total. The Morgan fingerprint density at radius 3 is 2.32 bits per heavy atom. The molecule has 22 heavy (non-hydrogen) atoms. The lowest BCUT2D eigenvalue weighted by Crippen LogP contribution is -2.33. The van der Waals surface area contributed by atoms with Gasteiger partial charge in [0.25, 0.3) is 0 Å². The van der Waals surface area contributed by atoms with Crippen molar-refractivity contribution in [2.45, 2.75) is 45.2 Å². The second kappa shape index (κ2) is 5.76. The molecule has 118 valence electrons. The molecule has 0 saturated carbocycles. The summed E-state index contributed by atoms with van der Waals surface area (Å²) in [5, 5.41) is 12.4. The second-order valence-corrected chi connectivity index (χ2v) is 6.82. The Morgan fingerprint density at radius 1 is 1.09 bits per heavy atom. The number of rotatable bonds is 3. The highest BCUT2D eigenvalue weighted by Crippen LogP contribution is 2.32. The molecule has 1 fully saturated rings. The number of hydrogen-bond acceptors (Lipinski definition) is 4. The third-order valence-corrected chi connectivity index (χ3v) is 4.07.